The van der Waals surface area contributed by atoms with Gasteiger partial charge in [0.15, 0.2) is 0 Å². The second kappa shape index (κ2) is 6.56. The first-order valence-electron chi connectivity index (χ1n) is 10.1. The molecule has 1 aliphatic carbocycles. The van der Waals surface area contributed by atoms with Gasteiger partial charge in [-0.05, 0) is 83.5 Å². The molecule has 2 atom stereocenters. The first kappa shape index (κ1) is 17.1. The molecular weight excluding hydrogens is 340 g/mol. The van der Waals surface area contributed by atoms with Crippen LogP contribution in [0.25, 0.3) is 27.9 Å². The Balaban J connectivity index is 1.52. The summed E-state index contributed by atoms with van der Waals surface area (Å²) in [5.74, 6) is 0.396. The van der Waals surface area contributed by atoms with Crippen LogP contribution in [0.5, 0.6) is 0 Å². The third-order valence-electron chi connectivity index (χ3n) is 6.39. The van der Waals surface area contributed by atoms with Crippen LogP contribution in [0, 0.1) is 5.41 Å². The molecule has 2 unspecified atom stereocenters. The number of nitrogens with one attached hydrogen (secondary N) is 2. The normalized spacial score (nSPS) is 22.9. The summed E-state index contributed by atoms with van der Waals surface area (Å²) in [5.41, 5.74) is 6.67. The Labute approximate surface area is 166 Å². The first-order chi connectivity index (χ1) is 13.6. The molecule has 2 heteroatoms. The molecule has 0 saturated heterocycles. The average molecular weight is 367 g/mol. The van der Waals surface area contributed by atoms with E-state index in [-0.39, 0.29) is 5.41 Å². The van der Waals surface area contributed by atoms with E-state index in [1.54, 1.807) is 0 Å². The van der Waals surface area contributed by atoms with Crippen LogP contribution in [-0.2, 0) is 0 Å². The summed E-state index contributed by atoms with van der Waals surface area (Å²) in [6.45, 7) is 4.68. The molecule has 2 aromatic carbocycles. The Kier molecular flexibility index (Phi) is 4.01. The first-order valence-corrected chi connectivity index (χ1v) is 10.1. The van der Waals surface area contributed by atoms with E-state index in [1.807, 2.05) is 12.4 Å². The fourth-order valence-electron chi connectivity index (χ4n) is 4.57. The molecule has 0 aliphatic heterocycles. The number of fused-ring (bicyclic) bond motifs is 2. The summed E-state index contributed by atoms with van der Waals surface area (Å²) in [4.78, 5) is 6.58. The maximum Gasteiger partial charge on any atom is 0.0454 e. The molecule has 0 radical (unpaired) electrons. The predicted octanol–water partition coefficient (Wildman–Crippen LogP) is 7.19. The summed E-state index contributed by atoms with van der Waals surface area (Å²) in [7, 11) is 0. The monoisotopic (exact) mass is 366 g/mol. The van der Waals surface area contributed by atoms with Crippen molar-refractivity contribution in [3.05, 3.63) is 89.8 Å². The minimum Gasteiger partial charge on any atom is -0.361 e. The van der Waals surface area contributed by atoms with Gasteiger partial charge >= 0.3 is 0 Å². The van der Waals surface area contributed by atoms with Crippen molar-refractivity contribution in [1.82, 2.24) is 9.97 Å². The van der Waals surface area contributed by atoms with Gasteiger partial charge < -0.3 is 9.97 Å². The number of aromatic nitrogens is 2. The van der Waals surface area contributed by atoms with Crippen molar-refractivity contribution in [2.45, 2.75) is 32.6 Å². The highest BCUT2D eigenvalue weighted by molar-refractivity contribution is 5.82. The van der Waals surface area contributed by atoms with E-state index in [9.17, 15) is 0 Å². The molecule has 0 amide bonds. The lowest BCUT2D eigenvalue weighted by atomic mass is 9.66. The highest BCUT2D eigenvalue weighted by Gasteiger charge is 2.34. The van der Waals surface area contributed by atoms with Crippen molar-refractivity contribution in [3.63, 3.8) is 0 Å². The quantitative estimate of drug-likeness (QED) is 0.360. The summed E-state index contributed by atoms with van der Waals surface area (Å²) < 4.78 is 0. The molecule has 5 rings (SSSR count). The van der Waals surface area contributed by atoms with Crippen LogP contribution < -0.4 is 0 Å². The fraction of sp³-hybridized carbons (Fsp3) is 0.231. The van der Waals surface area contributed by atoms with Crippen molar-refractivity contribution >= 4 is 27.9 Å². The number of benzene rings is 2. The van der Waals surface area contributed by atoms with E-state index in [2.05, 4.69) is 90.6 Å². The Bertz CT molecular complexity index is 1200. The molecule has 2 nitrogen and oxygen atoms in total. The number of allylic oxidation sites excluding steroid dienone is 3. The zero-order chi connectivity index (χ0) is 19.1. The van der Waals surface area contributed by atoms with E-state index in [1.165, 1.54) is 51.3 Å². The average Bonchev–Trinajstić information content (AvgIpc) is 3.36. The summed E-state index contributed by atoms with van der Waals surface area (Å²) in [6, 6.07) is 17.8. The molecule has 0 spiro atoms. The van der Waals surface area contributed by atoms with E-state index in [0.717, 1.165) is 0 Å². The van der Waals surface area contributed by atoms with Crippen LogP contribution in [0.15, 0.2) is 78.6 Å². The van der Waals surface area contributed by atoms with Gasteiger partial charge in [-0.25, -0.2) is 0 Å². The highest BCUT2D eigenvalue weighted by atomic mass is 14.7. The molecule has 1 aliphatic rings. The number of aromatic amines is 2. The fourth-order valence-corrected chi connectivity index (χ4v) is 4.57. The van der Waals surface area contributed by atoms with E-state index in [0.29, 0.717) is 5.92 Å². The molecule has 2 aromatic heterocycles. The van der Waals surface area contributed by atoms with E-state index in [4.69, 9.17) is 0 Å². The minimum absolute atomic E-state index is 0.108. The van der Waals surface area contributed by atoms with Gasteiger partial charge in [-0.1, -0.05) is 42.9 Å². The number of rotatable bonds is 3. The Morgan fingerprint density at radius 2 is 1.64 bits per heavy atom. The Morgan fingerprint density at radius 1 is 0.929 bits per heavy atom. The second-order valence-electron chi connectivity index (χ2n) is 8.48. The minimum atomic E-state index is 0.108. The van der Waals surface area contributed by atoms with E-state index >= 15 is 0 Å². The molecule has 0 fully saturated rings. The zero-order valence-corrected chi connectivity index (χ0v) is 16.5. The van der Waals surface area contributed by atoms with Crippen molar-refractivity contribution in [2.75, 3.05) is 0 Å². The van der Waals surface area contributed by atoms with Crippen molar-refractivity contribution in [2.24, 2.45) is 5.41 Å². The van der Waals surface area contributed by atoms with Crippen molar-refractivity contribution in [3.8, 4) is 0 Å². The number of hydrogen-bond donors (Lipinski definition) is 2. The third-order valence-corrected chi connectivity index (χ3v) is 6.39. The van der Waals surface area contributed by atoms with Crippen LogP contribution in [0.4, 0.5) is 0 Å². The van der Waals surface area contributed by atoms with Gasteiger partial charge in [-0.3, -0.25) is 0 Å². The topological polar surface area (TPSA) is 31.6 Å². The molecule has 4 aromatic rings. The Hall–Kier alpha value is -3.00. The van der Waals surface area contributed by atoms with Gasteiger partial charge in [-0.15, -0.1) is 0 Å². The molecule has 140 valence electrons. The van der Waals surface area contributed by atoms with Crippen LogP contribution in [0.3, 0.4) is 0 Å². The van der Waals surface area contributed by atoms with Crippen LogP contribution in [0.2, 0.25) is 0 Å². The summed E-state index contributed by atoms with van der Waals surface area (Å²) >= 11 is 0. The predicted molar refractivity (Wildman–Crippen MR) is 119 cm³/mol. The van der Waals surface area contributed by atoms with Gasteiger partial charge in [0.2, 0.25) is 0 Å². The highest BCUT2D eigenvalue weighted by Crippen LogP contribution is 2.47. The third kappa shape index (κ3) is 2.99. The molecule has 0 saturated carbocycles. The number of hydrogen-bond acceptors (Lipinski definition) is 0. The molecule has 2 N–H and O–H groups in total. The van der Waals surface area contributed by atoms with Crippen molar-refractivity contribution < 1.29 is 0 Å². The smallest absolute Gasteiger partial charge is 0.0454 e. The largest absolute Gasteiger partial charge is 0.361 e. The summed E-state index contributed by atoms with van der Waals surface area (Å²) in [5, 5.41) is 2.56. The SMILES string of the molecule is CC1=CC(c2ccc3[nH]ccc3c2)C(C)(C=Cc2ccc3[nH]ccc3c2)CC1. The lowest BCUT2D eigenvalue weighted by Crippen LogP contribution is -2.25. The molecule has 2 heterocycles. The maximum atomic E-state index is 3.31. The number of H-pyrrole nitrogens is 2. The van der Waals surface area contributed by atoms with Gasteiger partial charge in [-0.2, -0.15) is 0 Å². The van der Waals surface area contributed by atoms with Gasteiger partial charge in [0.25, 0.3) is 0 Å². The Morgan fingerprint density at radius 3 is 2.43 bits per heavy atom. The summed E-state index contributed by atoms with van der Waals surface area (Å²) in [6.07, 6.45) is 13.6. The molecule has 28 heavy (non-hydrogen) atoms. The lowest BCUT2D eigenvalue weighted by molar-refractivity contribution is 0.334. The van der Waals surface area contributed by atoms with Crippen LogP contribution in [-0.4, -0.2) is 9.97 Å². The van der Waals surface area contributed by atoms with Gasteiger partial charge in [0.1, 0.15) is 0 Å². The van der Waals surface area contributed by atoms with Crippen LogP contribution in [0.1, 0.15) is 43.7 Å². The maximum absolute atomic E-state index is 3.31. The van der Waals surface area contributed by atoms with Gasteiger partial charge in [0, 0.05) is 29.3 Å². The second-order valence-corrected chi connectivity index (χ2v) is 8.48. The van der Waals surface area contributed by atoms with E-state index < -0.39 is 0 Å². The lowest BCUT2D eigenvalue weighted by Gasteiger charge is -2.38. The zero-order valence-electron chi connectivity index (χ0n) is 16.5. The van der Waals surface area contributed by atoms with Crippen molar-refractivity contribution in [1.29, 1.82) is 0 Å². The molecular formula is C26H26N2. The standard InChI is InChI=1S/C26H26N2/c1-18-7-11-26(2,12-8-19-3-5-24-21(16-19)9-13-27-24)23(15-18)20-4-6-25-22(17-20)10-14-28-25/h3-6,8-10,12-17,23,27-28H,7,11H2,1-2H3. The van der Waals surface area contributed by atoms with Crippen LogP contribution >= 0.6 is 0 Å². The molecule has 0 bridgehead atoms. The van der Waals surface area contributed by atoms with Gasteiger partial charge in [0.05, 0.1) is 0 Å².